The van der Waals surface area contributed by atoms with E-state index in [4.69, 9.17) is 0 Å². The second-order valence-electron chi connectivity index (χ2n) is 6.96. The van der Waals surface area contributed by atoms with Crippen molar-refractivity contribution in [2.45, 2.75) is 71.4 Å². The van der Waals surface area contributed by atoms with Gasteiger partial charge >= 0.3 is 0 Å². The maximum atomic E-state index is 12.5. The summed E-state index contributed by atoms with van der Waals surface area (Å²) in [4.78, 5) is 14.7. The Morgan fingerprint density at radius 2 is 1.59 bits per heavy atom. The second kappa shape index (κ2) is 3.60. The molecule has 1 amide bonds. The van der Waals surface area contributed by atoms with Crippen molar-refractivity contribution in [1.29, 1.82) is 0 Å². The third-order valence-electron chi connectivity index (χ3n) is 4.46. The smallest absolute Gasteiger partial charge is 0.228 e. The van der Waals surface area contributed by atoms with E-state index in [1.807, 2.05) is 20.8 Å². The minimum absolute atomic E-state index is 0.217. The van der Waals surface area contributed by atoms with Crippen LogP contribution in [0.4, 0.5) is 0 Å². The first kappa shape index (κ1) is 11.3. The molecule has 0 radical (unpaired) electrons. The third-order valence-corrected chi connectivity index (χ3v) is 4.46. The van der Waals surface area contributed by atoms with Crippen molar-refractivity contribution < 1.29 is 4.79 Å². The number of piperidine rings is 1. The number of hydrogen-bond acceptors (Lipinski definition) is 1. The van der Waals surface area contributed by atoms with Gasteiger partial charge < -0.3 is 4.90 Å². The molecule has 0 aromatic heterocycles. The Labute approximate surface area is 104 Å². The summed E-state index contributed by atoms with van der Waals surface area (Å²) in [5.74, 6) is 0.366. The monoisotopic (exact) mass is 233 g/mol. The molecule has 1 aliphatic carbocycles. The lowest BCUT2D eigenvalue weighted by molar-refractivity contribution is -0.143. The minimum Gasteiger partial charge on any atom is -0.336 e. The molecule has 2 saturated heterocycles. The molecule has 2 heteroatoms. The second-order valence-corrected chi connectivity index (χ2v) is 6.96. The van der Waals surface area contributed by atoms with E-state index in [-0.39, 0.29) is 5.41 Å². The Morgan fingerprint density at radius 3 is 2.00 bits per heavy atom. The van der Waals surface area contributed by atoms with Crippen LogP contribution in [0.25, 0.3) is 0 Å². The van der Waals surface area contributed by atoms with Crippen LogP contribution in [0.15, 0.2) is 11.1 Å². The van der Waals surface area contributed by atoms with Crippen molar-refractivity contribution in [3.63, 3.8) is 0 Å². The van der Waals surface area contributed by atoms with Crippen molar-refractivity contribution >= 4 is 5.91 Å². The molecule has 2 aliphatic heterocycles. The Bertz CT molecular complexity index is 366. The van der Waals surface area contributed by atoms with Crippen LogP contribution in [0.5, 0.6) is 0 Å². The van der Waals surface area contributed by atoms with Crippen molar-refractivity contribution in [1.82, 2.24) is 4.90 Å². The molecule has 0 aromatic carbocycles. The standard InChI is InChI=1S/C15H23NO/c1-15(2,3)14(17)16-12-6-7-13(16)9-11(8-12)10-4-5-10/h12-13H,4-9H2,1-3H3. The number of nitrogens with zero attached hydrogens (tertiary/aromatic N) is 1. The highest BCUT2D eigenvalue weighted by Gasteiger charge is 2.45. The quantitative estimate of drug-likeness (QED) is 0.588. The molecule has 0 N–H and O–H groups in total. The molecule has 1 saturated carbocycles. The number of hydrogen-bond donors (Lipinski definition) is 0. The van der Waals surface area contributed by atoms with Crippen molar-refractivity contribution in [2.24, 2.45) is 5.41 Å². The number of fused-ring (bicyclic) bond motifs is 2. The van der Waals surface area contributed by atoms with Gasteiger partial charge in [-0.2, -0.15) is 0 Å². The fraction of sp³-hybridized carbons (Fsp3) is 0.800. The van der Waals surface area contributed by atoms with Gasteiger partial charge in [-0.1, -0.05) is 31.9 Å². The summed E-state index contributed by atoms with van der Waals surface area (Å²) in [6, 6.07) is 1.03. The SMILES string of the molecule is CC(C)(C)C(=O)N1C2CCC1CC(=C1CC1)C2. The van der Waals surface area contributed by atoms with E-state index in [9.17, 15) is 4.79 Å². The summed E-state index contributed by atoms with van der Waals surface area (Å²) < 4.78 is 0. The molecular formula is C15H23NO. The number of rotatable bonds is 0. The molecule has 2 unspecified atom stereocenters. The lowest BCUT2D eigenvalue weighted by Crippen LogP contribution is -2.49. The van der Waals surface area contributed by atoms with Gasteiger partial charge in [-0.3, -0.25) is 4.79 Å². The lowest BCUT2D eigenvalue weighted by atomic mass is 9.89. The molecule has 2 nitrogen and oxygen atoms in total. The highest BCUT2D eigenvalue weighted by atomic mass is 16.2. The van der Waals surface area contributed by atoms with Crippen LogP contribution in [0.3, 0.4) is 0 Å². The van der Waals surface area contributed by atoms with Gasteiger partial charge in [-0.05, 0) is 38.5 Å². The number of carbonyl (C=O) groups excluding carboxylic acids is 1. The van der Waals surface area contributed by atoms with Crippen LogP contribution in [0, 0.1) is 5.41 Å². The number of allylic oxidation sites excluding steroid dienone is 1. The molecule has 94 valence electrons. The predicted molar refractivity (Wildman–Crippen MR) is 68.6 cm³/mol. The van der Waals surface area contributed by atoms with Gasteiger partial charge in [0.05, 0.1) is 0 Å². The molecule has 3 fully saturated rings. The largest absolute Gasteiger partial charge is 0.336 e. The van der Waals surface area contributed by atoms with Gasteiger partial charge in [0, 0.05) is 17.5 Å². The maximum absolute atomic E-state index is 12.5. The molecule has 17 heavy (non-hydrogen) atoms. The first-order chi connectivity index (χ1) is 7.97. The summed E-state index contributed by atoms with van der Waals surface area (Å²) in [5.41, 5.74) is 3.20. The van der Waals surface area contributed by atoms with Crippen LogP contribution >= 0.6 is 0 Å². The summed E-state index contributed by atoms with van der Waals surface area (Å²) in [6.07, 6.45) is 7.47. The Balaban J connectivity index is 1.81. The molecule has 0 spiro atoms. The highest BCUT2D eigenvalue weighted by Crippen LogP contribution is 2.45. The average molecular weight is 233 g/mol. The fourth-order valence-corrected chi connectivity index (χ4v) is 3.44. The van der Waals surface area contributed by atoms with Gasteiger partial charge in [0.25, 0.3) is 0 Å². The van der Waals surface area contributed by atoms with E-state index in [2.05, 4.69) is 4.90 Å². The first-order valence-electron chi connectivity index (χ1n) is 6.99. The molecule has 0 aromatic rings. The van der Waals surface area contributed by atoms with E-state index in [0.29, 0.717) is 18.0 Å². The Hall–Kier alpha value is -0.790. The fourth-order valence-electron chi connectivity index (χ4n) is 3.44. The van der Waals surface area contributed by atoms with E-state index < -0.39 is 0 Å². The normalized spacial score (nSPS) is 32.1. The molecule has 2 bridgehead atoms. The number of carbonyl (C=O) groups is 1. The van der Waals surface area contributed by atoms with Crippen molar-refractivity contribution in [3.8, 4) is 0 Å². The zero-order valence-corrected chi connectivity index (χ0v) is 11.3. The van der Waals surface area contributed by atoms with Gasteiger partial charge in [0.2, 0.25) is 5.91 Å². The molecule has 2 atom stereocenters. The van der Waals surface area contributed by atoms with E-state index in [0.717, 1.165) is 0 Å². The van der Waals surface area contributed by atoms with Gasteiger partial charge in [0.1, 0.15) is 0 Å². The molecular weight excluding hydrogens is 210 g/mol. The van der Waals surface area contributed by atoms with Crippen LogP contribution in [0.2, 0.25) is 0 Å². The molecule has 3 aliphatic rings. The van der Waals surface area contributed by atoms with Crippen LogP contribution in [-0.2, 0) is 4.79 Å². The minimum atomic E-state index is -0.217. The Kier molecular flexibility index (Phi) is 2.39. The van der Waals surface area contributed by atoms with Gasteiger partial charge in [-0.15, -0.1) is 0 Å². The van der Waals surface area contributed by atoms with E-state index in [1.165, 1.54) is 38.5 Å². The maximum Gasteiger partial charge on any atom is 0.228 e. The van der Waals surface area contributed by atoms with E-state index in [1.54, 1.807) is 11.1 Å². The summed E-state index contributed by atoms with van der Waals surface area (Å²) in [5, 5.41) is 0. The van der Waals surface area contributed by atoms with Crippen LogP contribution in [0.1, 0.15) is 59.3 Å². The van der Waals surface area contributed by atoms with Gasteiger partial charge in [-0.25, -0.2) is 0 Å². The Morgan fingerprint density at radius 1 is 1.06 bits per heavy atom. The summed E-state index contributed by atoms with van der Waals surface area (Å²) in [7, 11) is 0. The summed E-state index contributed by atoms with van der Waals surface area (Å²) >= 11 is 0. The van der Waals surface area contributed by atoms with Crippen molar-refractivity contribution in [3.05, 3.63) is 11.1 Å². The average Bonchev–Trinajstić information content (AvgIpc) is 3.03. The zero-order valence-electron chi connectivity index (χ0n) is 11.3. The van der Waals surface area contributed by atoms with Crippen LogP contribution in [-0.4, -0.2) is 22.9 Å². The topological polar surface area (TPSA) is 20.3 Å². The van der Waals surface area contributed by atoms with Crippen molar-refractivity contribution in [2.75, 3.05) is 0 Å². The van der Waals surface area contributed by atoms with Gasteiger partial charge in [0.15, 0.2) is 0 Å². The van der Waals surface area contributed by atoms with Crippen LogP contribution < -0.4 is 0 Å². The number of amides is 1. The first-order valence-corrected chi connectivity index (χ1v) is 6.99. The predicted octanol–water partition coefficient (Wildman–Crippen LogP) is 3.28. The summed E-state index contributed by atoms with van der Waals surface area (Å²) in [6.45, 7) is 6.14. The highest BCUT2D eigenvalue weighted by molar-refractivity contribution is 5.82. The van der Waals surface area contributed by atoms with E-state index >= 15 is 0 Å². The molecule has 2 heterocycles. The lowest BCUT2D eigenvalue weighted by Gasteiger charge is -2.39. The molecule has 3 rings (SSSR count). The third kappa shape index (κ3) is 1.92. The zero-order chi connectivity index (χ0) is 12.2.